The zero-order valence-corrected chi connectivity index (χ0v) is 16.1. The highest BCUT2D eigenvalue weighted by Crippen LogP contribution is 2.28. The summed E-state index contributed by atoms with van der Waals surface area (Å²) in [5.74, 6) is -0.724. The third-order valence-electron chi connectivity index (χ3n) is 4.82. The van der Waals surface area contributed by atoms with Crippen LogP contribution in [0.5, 0.6) is 0 Å². The van der Waals surface area contributed by atoms with E-state index < -0.39 is 17.4 Å². The highest BCUT2D eigenvalue weighted by Gasteiger charge is 2.27. The van der Waals surface area contributed by atoms with E-state index in [1.807, 2.05) is 0 Å². The molecule has 0 aromatic rings. The van der Waals surface area contributed by atoms with Gasteiger partial charge in [0, 0.05) is 17.9 Å². The van der Waals surface area contributed by atoms with Crippen LogP contribution in [0.1, 0.15) is 79.1 Å². The zero-order chi connectivity index (χ0) is 19.0. The minimum absolute atomic E-state index is 0.0421. The Hall–Kier alpha value is -1.59. The maximum Gasteiger partial charge on any atom is 0.303 e. The van der Waals surface area contributed by atoms with Crippen molar-refractivity contribution in [3.63, 3.8) is 0 Å². The van der Waals surface area contributed by atoms with Crippen LogP contribution < -0.4 is 10.6 Å². The summed E-state index contributed by atoms with van der Waals surface area (Å²) in [5.41, 5.74) is -0.556. The highest BCUT2D eigenvalue weighted by atomic mass is 16.4. The van der Waals surface area contributed by atoms with Gasteiger partial charge in [0.25, 0.3) is 0 Å². The van der Waals surface area contributed by atoms with Crippen LogP contribution in [0.4, 0.5) is 0 Å². The van der Waals surface area contributed by atoms with E-state index in [-0.39, 0.29) is 24.3 Å². The van der Waals surface area contributed by atoms with Crippen molar-refractivity contribution in [2.24, 2.45) is 11.3 Å². The number of carbonyl (C=O) groups excluding carboxylic acids is 2. The van der Waals surface area contributed by atoms with Gasteiger partial charge >= 0.3 is 5.97 Å². The predicted octanol–water partition coefficient (Wildman–Crippen LogP) is 2.86. The summed E-state index contributed by atoms with van der Waals surface area (Å²) in [5, 5.41) is 14.6. The first-order chi connectivity index (χ1) is 11.6. The monoisotopic (exact) mass is 354 g/mol. The van der Waals surface area contributed by atoms with Gasteiger partial charge in [0.1, 0.15) is 6.04 Å². The molecular formula is C19H34N2O4. The second-order valence-corrected chi connectivity index (χ2v) is 8.32. The number of rotatable bonds is 8. The first-order valence-electron chi connectivity index (χ1n) is 9.42. The van der Waals surface area contributed by atoms with E-state index in [0.717, 1.165) is 19.3 Å². The van der Waals surface area contributed by atoms with Crippen LogP contribution in [0.25, 0.3) is 0 Å². The summed E-state index contributed by atoms with van der Waals surface area (Å²) in [6.45, 7) is 7.05. The number of hydrogen-bond donors (Lipinski definition) is 3. The van der Waals surface area contributed by atoms with Crippen LogP contribution in [0.15, 0.2) is 0 Å². The van der Waals surface area contributed by atoms with Crippen molar-refractivity contribution in [3.8, 4) is 0 Å². The molecular weight excluding hydrogens is 320 g/mol. The van der Waals surface area contributed by atoms with Gasteiger partial charge in [-0.1, -0.05) is 52.9 Å². The molecule has 0 aromatic heterocycles. The van der Waals surface area contributed by atoms with Gasteiger partial charge in [-0.3, -0.25) is 14.4 Å². The average Bonchev–Trinajstić information content (AvgIpc) is 2.52. The van der Waals surface area contributed by atoms with Crippen molar-refractivity contribution in [1.82, 2.24) is 10.6 Å². The number of nitrogens with one attached hydrogen (secondary N) is 2. The van der Waals surface area contributed by atoms with E-state index in [2.05, 4.69) is 10.6 Å². The second-order valence-electron chi connectivity index (χ2n) is 8.32. The number of amides is 2. The first-order valence-corrected chi connectivity index (χ1v) is 9.42. The summed E-state index contributed by atoms with van der Waals surface area (Å²) in [7, 11) is 0. The molecule has 2 atom stereocenters. The minimum atomic E-state index is -0.850. The standard InChI is InChI=1S/C19H34N2O4/c1-13(20-18(25)19(2,3)4)17(24)21-15(10-11-16(22)23)12-14-8-6-5-7-9-14/h13-15H,5-12H2,1-4H3,(H,20,25)(H,21,24)(H,22,23). The molecule has 6 heteroatoms. The van der Waals surface area contributed by atoms with Gasteiger partial charge in [0.2, 0.25) is 11.8 Å². The minimum Gasteiger partial charge on any atom is -0.481 e. The molecule has 0 spiro atoms. The summed E-state index contributed by atoms with van der Waals surface area (Å²) in [4.78, 5) is 35.4. The average molecular weight is 354 g/mol. The van der Waals surface area contributed by atoms with Gasteiger partial charge in [-0.05, 0) is 25.7 Å². The Labute approximate surface area is 151 Å². The number of hydrogen-bond acceptors (Lipinski definition) is 3. The van der Waals surface area contributed by atoms with Gasteiger partial charge < -0.3 is 15.7 Å². The lowest BCUT2D eigenvalue weighted by molar-refractivity contribution is -0.137. The summed E-state index contributed by atoms with van der Waals surface area (Å²) in [6, 6.07) is -0.786. The molecule has 0 aromatic carbocycles. The van der Waals surface area contributed by atoms with Crippen molar-refractivity contribution in [2.45, 2.75) is 91.1 Å². The van der Waals surface area contributed by atoms with Crippen LogP contribution in [-0.2, 0) is 14.4 Å². The lowest BCUT2D eigenvalue weighted by Crippen LogP contribution is -2.50. The Kier molecular flexibility index (Phi) is 8.39. The molecule has 25 heavy (non-hydrogen) atoms. The molecule has 0 heterocycles. The molecule has 1 rings (SSSR count). The first kappa shape index (κ1) is 21.5. The van der Waals surface area contributed by atoms with E-state index >= 15 is 0 Å². The van der Waals surface area contributed by atoms with Crippen molar-refractivity contribution >= 4 is 17.8 Å². The number of carboxylic acid groups (broad SMARTS) is 1. The van der Waals surface area contributed by atoms with Gasteiger partial charge in [-0.2, -0.15) is 0 Å². The molecule has 144 valence electrons. The molecule has 2 unspecified atom stereocenters. The van der Waals surface area contributed by atoms with E-state index in [4.69, 9.17) is 5.11 Å². The van der Waals surface area contributed by atoms with Crippen molar-refractivity contribution in [3.05, 3.63) is 0 Å². The van der Waals surface area contributed by atoms with Gasteiger partial charge in [0.15, 0.2) is 0 Å². The molecule has 1 saturated carbocycles. The van der Waals surface area contributed by atoms with Crippen LogP contribution in [0, 0.1) is 11.3 Å². The SMILES string of the molecule is CC(NC(=O)C(C)(C)C)C(=O)NC(CCC(=O)O)CC1CCCCC1. The molecule has 0 aliphatic heterocycles. The predicted molar refractivity (Wildman–Crippen MR) is 97.1 cm³/mol. The highest BCUT2D eigenvalue weighted by molar-refractivity contribution is 5.89. The number of aliphatic carboxylic acids is 1. The topological polar surface area (TPSA) is 95.5 Å². The Balaban J connectivity index is 2.59. The fraction of sp³-hybridized carbons (Fsp3) is 0.842. The van der Waals surface area contributed by atoms with E-state index in [9.17, 15) is 14.4 Å². The summed E-state index contributed by atoms with van der Waals surface area (Å²) < 4.78 is 0. The van der Waals surface area contributed by atoms with Crippen LogP contribution in [0.2, 0.25) is 0 Å². The fourth-order valence-corrected chi connectivity index (χ4v) is 3.18. The third kappa shape index (κ3) is 8.36. The molecule has 6 nitrogen and oxygen atoms in total. The Bertz CT molecular complexity index is 465. The van der Waals surface area contributed by atoms with Crippen LogP contribution in [0.3, 0.4) is 0 Å². The summed E-state index contributed by atoms with van der Waals surface area (Å²) in [6.07, 6.45) is 7.27. The maximum atomic E-state index is 12.4. The van der Waals surface area contributed by atoms with Crippen LogP contribution >= 0.6 is 0 Å². The number of carbonyl (C=O) groups is 3. The maximum absolute atomic E-state index is 12.4. The Morgan fingerprint density at radius 1 is 1.08 bits per heavy atom. The largest absolute Gasteiger partial charge is 0.481 e. The van der Waals surface area contributed by atoms with E-state index in [0.29, 0.717) is 12.3 Å². The normalized spacial score (nSPS) is 18.2. The molecule has 1 aliphatic carbocycles. The Morgan fingerprint density at radius 2 is 1.68 bits per heavy atom. The smallest absolute Gasteiger partial charge is 0.303 e. The molecule has 2 amide bonds. The quantitative estimate of drug-likeness (QED) is 0.624. The molecule has 0 saturated heterocycles. The van der Waals surface area contributed by atoms with Crippen molar-refractivity contribution < 1.29 is 19.5 Å². The molecule has 3 N–H and O–H groups in total. The fourth-order valence-electron chi connectivity index (χ4n) is 3.18. The van der Waals surface area contributed by atoms with Crippen LogP contribution in [-0.4, -0.2) is 35.0 Å². The Morgan fingerprint density at radius 3 is 2.20 bits per heavy atom. The third-order valence-corrected chi connectivity index (χ3v) is 4.82. The van der Waals surface area contributed by atoms with Crippen molar-refractivity contribution in [2.75, 3.05) is 0 Å². The zero-order valence-electron chi connectivity index (χ0n) is 16.1. The molecule has 1 aliphatic rings. The number of carboxylic acids is 1. The lowest BCUT2D eigenvalue weighted by Gasteiger charge is -2.28. The molecule has 0 bridgehead atoms. The second kappa shape index (κ2) is 9.78. The molecule has 0 radical (unpaired) electrons. The molecule has 1 fully saturated rings. The van der Waals surface area contributed by atoms with Gasteiger partial charge in [-0.25, -0.2) is 0 Å². The van der Waals surface area contributed by atoms with Gasteiger partial charge in [0.05, 0.1) is 0 Å². The lowest BCUT2D eigenvalue weighted by atomic mass is 9.84. The van der Waals surface area contributed by atoms with Gasteiger partial charge in [-0.15, -0.1) is 0 Å². The van der Waals surface area contributed by atoms with Crippen molar-refractivity contribution in [1.29, 1.82) is 0 Å². The van der Waals surface area contributed by atoms with E-state index in [1.165, 1.54) is 19.3 Å². The summed E-state index contributed by atoms with van der Waals surface area (Å²) >= 11 is 0. The van der Waals surface area contributed by atoms with E-state index in [1.54, 1.807) is 27.7 Å².